The van der Waals surface area contributed by atoms with Gasteiger partial charge in [-0.2, -0.15) is 0 Å². The summed E-state index contributed by atoms with van der Waals surface area (Å²) in [5.41, 5.74) is 1.89. The number of carbonyl (C=O) groups is 2. The Kier molecular flexibility index (Phi) is 11.7. The third kappa shape index (κ3) is 9.83. The normalized spacial score (nSPS) is 10.4. The van der Waals surface area contributed by atoms with E-state index in [2.05, 4.69) is 22.9 Å². The van der Waals surface area contributed by atoms with Gasteiger partial charge in [-0.25, -0.2) is 0 Å². The number of unbranched alkanes of at least 4 members (excludes halogenated alkanes) is 3. The highest BCUT2D eigenvalue weighted by Crippen LogP contribution is 2.18. The summed E-state index contributed by atoms with van der Waals surface area (Å²) in [6, 6.07) is 14.5. The van der Waals surface area contributed by atoms with Gasteiger partial charge < -0.3 is 25.4 Å². The molecule has 0 spiro atoms. The fourth-order valence-corrected chi connectivity index (χ4v) is 3.06. The van der Waals surface area contributed by atoms with Gasteiger partial charge in [0.1, 0.15) is 5.75 Å². The molecule has 0 fully saturated rings. The summed E-state index contributed by atoms with van der Waals surface area (Å²) in [6.45, 7) is 4.12. The van der Waals surface area contributed by atoms with E-state index in [1.165, 1.54) is 19.3 Å². The molecular formula is C25H35N3O4. The quantitative estimate of drug-likeness (QED) is 0.355. The number of hydrogen-bond acceptors (Lipinski definition) is 5. The lowest BCUT2D eigenvalue weighted by Crippen LogP contribution is -2.25. The standard InChI is InChI=1S/C25H35N3O4/c1-3-4-5-6-16-32-23-13-8-11-21(18-23)27-19-24(29)28-22-12-7-10-20(17-22)25(30)26-14-9-15-31-2/h7-8,10-13,17-18,27H,3-6,9,14-16,19H2,1-2H3,(H,26,30)(H,28,29). The zero-order valence-electron chi connectivity index (χ0n) is 19.1. The van der Waals surface area contributed by atoms with Crippen molar-refractivity contribution in [2.75, 3.05) is 44.0 Å². The van der Waals surface area contributed by atoms with Gasteiger partial charge in [-0.1, -0.05) is 38.3 Å². The van der Waals surface area contributed by atoms with Gasteiger partial charge in [0.05, 0.1) is 13.2 Å². The van der Waals surface area contributed by atoms with Crippen molar-refractivity contribution in [3.8, 4) is 5.75 Å². The maximum absolute atomic E-state index is 12.3. The molecule has 0 radical (unpaired) electrons. The van der Waals surface area contributed by atoms with Gasteiger partial charge in [0.2, 0.25) is 5.91 Å². The number of ether oxygens (including phenoxy) is 2. The van der Waals surface area contributed by atoms with E-state index in [9.17, 15) is 9.59 Å². The molecule has 0 bridgehead atoms. The van der Waals surface area contributed by atoms with Crippen molar-refractivity contribution in [3.63, 3.8) is 0 Å². The topological polar surface area (TPSA) is 88.7 Å². The monoisotopic (exact) mass is 441 g/mol. The van der Waals surface area contributed by atoms with Crippen molar-refractivity contribution < 1.29 is 19.1 Å². The van der Waals surface area contributed by atoms with Crippen LogP contribution in [-0.4, -0.2) is 45.2 Å². The SMILES string of the molecule is CCCCCCOc1cccc(NCC(=O)Nc2cccc(C(=O)NCCCOC)c2)c1. The van der Waals surface area contributed by atoms with Crippen molar-refractivity contribution in [3.05, 3.63) is 54.1 Å². The highest BCUT2D eigenvalue weighted by molar-refractivity contribution is 5.98. The molecule has 2 amide bonds. The van der Waals surface area contributed by atoms with Gasteiger partial charge in [-0.3, -0.25) is 9.59 Å². The van der Waals surface area contributed by atoms with Crippen LogP contribution in [0.25, 0.3) is 0 Å². The molecule has 7 nitrogen and oxygen atoms in total. The third-order valence-electron chi connectivity index (χ3n) is 4.77. The van der Waals surface area contributed by atoms with Crippen molar-refractivity contribution in [1.82, 2.24) is 5.32 Å². The molecule has 0 saturated carbocycles. The summed E-state index contributed by atoms with van der Waals surface area (Å²) in [5.74, 6) is 0.409. The summed E-state index contributed by atoms with van der Waals surface area (Å²) in [7, 11) is 1.63. The summed E-state index contributed by atoms with van der Waals surface area (Å²) < 4.78 is 10.8. The van der Waals surface area contributed by atoms with Crippen LogP contribution in [0.15, 0.2) is 48.5 Å². The highest BCUT2D eigenvalue weighted by atomic mass is 16.5. The molecule has 0 atom stereocenters. The Morgan fingerprint density at radius 1 is 0.906 bits per heavy atom. The second-order valence-electron chi connectivity index (χ2n) is 7.52. The average molecular weight is 442 g/mol. The number of rotatable bonds is 15. The fraction of sp³-hybridized carbons (Fsp3) is 0.440. The highest BCUT2D eigenvalue weighted by Gasteiger charge is 2.08. The minimum Gasteiger partial charge on any atom is -0.494 e. The largest absolute Gasteiger partial charge is 0.494 e. The van der Waals surface area contributed by atoms with Gasteiger partial charge in [0, 0.05) is 43.3 Å². The van der Waals surface area contributed by atoms with Crippen LogP contribution in [0.3, 0.4) is 0 Å². The molecule has 3 N–H and O–H groups in total. The number of benzene rings is 2. The number of methoxy groups -OCH3 is 1. The van der Waals surface area contributed by atoms with Crippen molar-refractivity contribution in [2.24, 2.45) is 0 Å². The van der Waals surface area contributed by atoms with E-state index >= 15 is 0 Å². The first-order valence-corrected chi connectivity index (χ1v) is 11.3. The number of nitrogens with one attached hydrogen (secondary N) is 3. The number of anilines is 2. The van der Waals surface area contributed by atoms with E-state index < -0.39 is 0 Å². The Bertz CT molecular complexity index is 841. The van der Waals surface area contributed by atoms with Gasteiger partial charge >= 0.3 is 0 Å². The van der Waals surface area contributed by atoms with Crippen molar-refractivity contribution in [2.45, 2.75) is 39.0 Å². The van der Waals surface area contributed by atoms with Gasteiger partial charge in [-0.05, 0) is 43.2 Å². The lowest BCUT2D eigenvalue weighted by atomic mass is 10.2. The zero-order chi connectivity index (χ0) is 23.0. The Balaban J connectivity index is 1.78. The van der Waals surface area contributed by atoms with E-state index in [0.717, 1.165) is 24.3 Å². The lowest BCUT2D eigenvalue weighted by molar-refractivity contribution is -0.114. The first kappa shape index (κ1) is 25.2. The number of carbonyl (C=O) groups excluding carboxylic acids is 2. The van der Waals surface area contributed by atoms with Crippen LogP contribution in [0.2, 0.25) is 0 Å². The van der Waals surface area contributed by atoms with Crippen LogP contribution in [-0.2, 0) is 9.53 Å². The van der Waals surface area contributed by atoms with Crippen LogP contribution < -0.4 is 20.7 Å². The minimum absolute atomic E-state index is 0.105. The average Bonchev–Trinajstić information content (AvgIpc) is 2.81. The Hall–Kier alpha value is -3.06. The summed E-state index contributed by atoms with van der Waals surface area (Å²) in [4.78, 5) is 24.6. The van der Waals surface area contributed by atoms with E-state index in [1.54, 1.807) is 31.4 Å². The molecule has 0 aliphatic rings. The van der Waals surface area contributed by atoms with Gasteiger partial charge in [-0.15, -0.1) is 0 Å². The first-order chi connectivity index (χ1) is 15.6. The Labute approximate surface area is 190 Å². The molecule has 2 rings (SSSR count). The predicted octanol–water partition coefficient (Wildman–Crippen LogP) is 4.46. The lowest BCUT2D eigenvalue weighted by Gasteiger charge is -2.11. The van der Waals surface area contributed by atoms with E-state index in [-0.39, 0.29) is 18.4 Å². The second-order valence-corrected chi connectivity index (χ2v) is 7.52. The maximum atomic E-state index is 12.3. The molecule has 2 aromatic carbocycles. The van der Waals surface area contributed by atoms with Crippen LogP contribution in [0.1, 0.15) is 49.4 Å². The molecule has 0 saturated heterocycles. The molecular weight excluding hydrogens is 406 g/mol. The van der Waals surface area contributed by atoms with Gasteiger partial charge in [0.25, 0.3) is 5.91 Å². The Morgan fingerprint density at radius 3 is 2.53 bits per heavy atom. The number of hydrogen-bond donors (Lipinski definition) is 3. The van der Waals surface area contributed by atoms with E-state index in [0.29, 0.717) is 31.0 Å². The summed E-state index contributed by atoms with van der Waals surface area (Å²) >= 11 is 0. The first-order valence-electron chi connectivity index (χ1n) is 11.3. The minimum atomic E-state index is -0.200. The Morgan fingerprint density at radius 2 is 1.72 bits per heavy atom. The van der Waals surface area contributed by atoms with Crippen LogP contribution in [0, 0.1) is 0 Å². The third-order valence-corrected chi connectivity index (χ3v) is 4.77. The summed E-state index contributed by atoms with van der Waals surface area (Å²) in [6.07, 6.45) is 5.38. The zero-order valence-corrected chi connectivity index (χ0v) is 19.1. The molecule has 0 aliphatic heterocycles. The van der Waals surface area contributed by atoms with E-state index in [1.807, 2.05) is 24.3 Å². The molecule has 0 aromatic heterocycles. The van der Waals surface area contributed by atoms with Crippen molar-refractivity contribution >= 4 is 23.2 Å². The van der Waals surface area contributed by atoms with E-state index in [4.69, 9.17) is 9.47 Å². The molecule has 2 aromatic rings. The predicted molar refractivity (Wildman–Crippen MR) is 128 cm³/mol. The van der Waals surface area contributed by atoms with Crippen molar-refractivity contribution in [1.29, 1.82) is 0 Å². The van der Waals surface area contributed by atoms with Crippen LogP contribution in [0.4, 0.5) is 11.4 Å². The molecule has 0 aliphatic carbocycles. The molecule has 174 valence electrons. The van der Waals surface area contributed by atoms with Crippen LogP contribution in [0.5, 0.6) is 5.75 Å². The second kappa shape index (κ2) is 14.9. The maximum Gasteiger partial charge on any atom is 0.251 e. The number of amides is 2. The smallest absolute Gasteiger partial charge is 0.251 e. The fourth-order valence-electron chi connectivity index (χ4n) is 3.06. The summed E-state index contributed by atoms with van der Waals surface area (Å²) in [5, 5.41) is 8.76. The molecule has 0 unspecified atom stereocenters. The molecule has 32 heavy (non-hydrogen) atoms. The molecule has 7 heteroatoms. The molecule has 0 heterocycles. The van der Waals surface area contributed by atoms with Crippen LogP contribution >= 0.6 is 0 Å². The van der Waals surface area contributed by atoms with Gasteiger partial charge in [0.15, 0.2) is 0 Å².